The Morgan fingerprint density at radius 1 is 0.556 bits per heavy atom. The fourth-order valence-corrected chi connectivity index (χ4v) is 7.90. The fraction of sp³-hybridized carbons (Fsp3) is 0.0208. The van der Waals surface area contributed by atoms with E-state index in [4.69, 9.17) is 19.4 Å². The van der Waals surface area contributed by atoms with Crippen LogP contribution in [0.3, 0.4) is 0 Å². The summed E-state index contributed by atoms with van der Waals surface area (Å²) in [6.45, 7) is 0. The molecule has 6 heteroatoms. The minimum Gasteiger partial charge on any atom is -0.435 e. The number of hydrogen-bond acceptors (Lipinski definition) is 5. The van der Waals surface area contributed by atoms with Crippen LogP contribution >= 0.6 is 0 Å². The monoisotopic (exact) mass is 693 g/mol. The molecule has 0 saturated carbocycles. The third kappa shape index (κ3) is 4.92. The van der Waals surface area contributed by atoms with Crippen LogP contribution in [0.2, 0.25) is 0 Å². The summed E-state index contributed by atoms with van der Waals surface area (Å²) in [5.74, 6) is 1.95. The summed E-state index contributed by atoms with van der Waals surface area (Å²) < 4.78 is 9.00. The maximum Gasteiger partial charge on any atom is 0.227 e. The summed E-state index contributed by atoms with van der Waals surface area (Å²) in [5, 5.41) is 10.4. The van der Waals surface area contributed by atoms with Gasteiger partial charge >= 0.3 is 0 Å². The zero-order chi connectivity index (χ0) is 35.6. The van der Waals surface area contributed by atoms with Gasteiger partial charge in [0.2, 0.25) is 5.89 Å². The van der Waals surface area contributed by atoms with Gasteiger partial charge in [-0.15, -0.1) is 0 Å². The van der Waals surface area contributed by atoms with Crippen molar-refractivity contribution in [2.24, 2.45) is 9.98 Å². The molecular weight excluding hydrogens is 663 g/mol. The lowest BCUT2D eigenvalue weighted by atomic mass is 10.0. The third-order valence-electron chi connectivity index (χ3n) is 10.5. The van der Waals surface area contributed by atoms with E-state index >= 15 is 0 Å². The molecule has 254 valence electrons. The molecule has 10 aromatic rings. The van der Waals surface area contributed by atoms with Crippen LogP contribution in [-0.4, -0.2) is 21.2 Å². The summed E-state index contributed by atoms with van der Waals surface area (Å²) in [4.78, 5) is 15.5. The highest BCUT2D eigenvalue weighted by molar-refractivity contribution is 6.21. The Balaban J connectivity index is 1.08. The second-order valence-corrected chi connectivity index (χ2v) is 13.7. The molecule has 54 heavy (non-hydrogen) atoms. The Hall–Kier alpha value is -7.31. The molecule has 0 radical (unpaired) electrons. The van der Waals surface area contributed by atoms with Crippen molar-refractivity contribution in [1.29, 1.82) is 0 Å². The maximum atomic E-state index is 6.67. The molecule has 2 aromatic heterocycles. The van der Waals surface area contributed by atoms with Crippen molar-refractivity contribution in [3.8, 4) is 17.1 Å². The number of nitrogens with zero attached hydrogens (tertiary/aromatic N) is 4. The Morgan fingerprint density at radius 3 is 2.09 bits per heavy atom. The molecule has 1 unspecified atom stereocenters. The minimum atomic E-state index is -0.358. The SMILES string of the molecule is c1ccc(C2N=C(c3cccc4ccc5nc(-c6ccc7ccccc7c6)oc5c34)N=C(c3cccc(-n4c5ccccc5c5ccccc54)c3)N2)cc1. The van der Waals surface area contributed by atoms with Gasteiger partial charge in [-0.05, 0) is 64.2 Å². The molecule has 0 fully saturated rings. The number of aromatic nitrogens is 2. The number of hydrogen-bond donors (Lipinski definition) is 1. The quantitative estimate of drug-likeness (QED) is 0.195. The average molecular weight is 694 g/mol. The van der Waals surface area contributed by atoms with Gasteiger partial charge in [-0.3, -0.25) is 0 Å². The molecule has 0 saturated heterocycles. The van der Waals surface area contributed by atoms with Crippen molar-refractivity contribution in [2.45, 2.75) is 6.17 Å². The summed E-state index contributed by atoms with van der Waals surface area (Å²) in [6.07, 6.45) is -0.358. The van der Waals surface area contributed by atoms with Crippen LogP contribution in [0.4, 0.5) is 0 Å². The van der Waals surface area contributed by atoms with E-state index in [1.54, 1.807) is 0 Å². The van der Waals surface area contributed by atoms with Crippen LogP contribution in [0.15, 0.2) is 190 Å². The zero-order valence-corrected chi connectivity index (χ0v) is 29.0. The van der Waals surface area contributed by atoms with E-state index in [0.717, 1.165) is 66.5 Å². The zero-order valence-electron chi connectivity index (χ0n) is 29.0. The number of nitrogens with one attached hydrogen (secondary N) is 1. The van der Waals surface area contributed by atoms with E-state index in [1.165, 1.54) is 16.2 Å². The molecule has 3 heterocycles. The van der Waals surface area contributed by atoms with Gasteiger partial charge in [-0.25, -0.2) is 15.0 Å². The first-order valence-corrected chi connectivity index (χ1v) is 18.1. The topological polar surface area (TPSA) is 67.7 Å². The van der Waals surface area contributed by atoms with E-state index in [-0.39, 0.29) is 6.17 Å². The number of amidine groups is 2. The second-order valence-electron chi connectivity index (χ2n) is 13.7. The lowest BCUT2D eigenvalue weighted by Gasteiger charge is -2.24. The van der Waals surface area contributed by atoms with Gasteiger partial charge in [0.15, 0.2) is 11.4 Å². The van der Waals surface area contributed by atoms with Crippen LogP contribution in [0.1, 0.15) is 22.9 Å². The lowest BCUT2D eigenvalue weighted by molar-refractivity contribution is 0.623. The molecule has 1 N–H and O–H groups in total. The molecular formula is C48H31N5O. The van der Waals surface area contributed by atoms with E-state index in [0.29, 0.717) is 17.3 Å². The van der Waals surface area contributed by atoms with Crippen molar-refractivity contribution in [3.63, 3.8) is 0 Å². The minimum absolute atomic E-state index is 0.358. The molecule has 0 bridgehead atoms. The third-order valence-corrected chi connectivity index (χ3v) is 10.5. The highest BCUT2D eigenvalue weighted by Gasteiger charge is 2.24. The maximum absolute atomic E-state index is 6.67. The molecule has 0 spiro atoms. The molecule has 6 nitrogen and oxygen atoms in total. The Morgan fingerprint density at radius 2 is 1.26 bits per heavy atom. The number of benzene rings is 8. The number of para-hydroxylation sites is 2. The van der Waals surface area contributed by atoms with E-state index < -0.39 is 0 Å². The largest absolute Gasteiger partial charge is 0.435 e. The van der Waals surface area contributed by atoms with Gasteiger partial charge in [0.05, 0.1) is 11.0 Å². The number of rotatable bonds is 5. The Kier molecular flexibility index (Phi) is 6.82. The van der Waals surface area contributed by atoms with Gasteiger partial charge in [0.1, 0.15) is 17.5 Å². The summed E-state index contributed by atoms with van der Waals surface area (Å²) in [6, 6.07) is 61.1. The van der Waals surface area contributed by atoms with Crippen LogP contribution < -0.4 is 5.32 Å². The van der Waals surface area contributed by atoms with Crippen molar-refractivity contribution in [3.05, 3.63) is 193 Å². The predicted molar refractivity (Wildman–Crippen MR) is 221 cm³/mol. The van der Waals surface area contributed by atoms with Crippen molar-refractivity contribution >= 4 is 66.1 Å². The first kappa shape index (κ1) is 30.3. The van der Waals surface area contributed by atoms with Crippen LogP contribution in [0.25, 0.3) is 71.6 Å². The van der Waals surface area contributed by atoms with Crippen LogP contribution in [-0.2, 0) is 0 Å². The molecule has 8 aromatic carbocycles. The molecule has 11 rings (SSSR count). The number of fused-ring (bicyclic) bond motifs is 7. The number of aliphatic imine (C=N–C) groups is 2. The molecule has 0 aliphatic carbocycles. The van der Waals surface area contributed by atoms with Gasteiger partial charge < -0.3 is 14.3 Å². The standard InChI is InChI=1S/C48H31N5O/c1-2-13-32(14-3-1)45-50-46(34-17-10-18-36(29-34)53-41-22-8-6-19-37(41)38-20-7-9-23-42(38)53)52-47(51-45)39-21-11-16-31-26-27-40-44(43(31)39)54-48(49-40)35-25-24-30-12-4-5-15-33(30)28-35/h1-29,45H,(H,50,51,52). The molecule has 0 amide bonds. The smallest absolute Gasteiger partial charge is 0.227 e. The Bertz CT molecular complexity index is 3100. The molecule has 1 atom stereocenters. The average Bonchev–Trinajstić information content (AvgIpc) is 3.84. The van der Waals surface area contributed by atoms with Gasteiger partial charge in [0.25, 0.3) is 0 Å². The Labute approximate surface area is 310 Å². The predicted octanol–water partition coefficient (Wildman–Crippen LogP) is 11.4. The summed E-state index contributed by atoms with van der Waals surface area (Å²) >= 11 is 0. The first-order chi connectivity index (χ1) is 26.7. The number of oxazole rings is 1. The molecule has 1 aliphatic rings. The van der Waals surface area contributed by atoms with Gasteiger partial charge in [0, 0.05) is 38.5 Å². The normalized spacial score (nSPS) is 14.5. The van der Waals surface area contributed by atoms with Crippen LogP contribution in [0, 0.1) is 0 Å². The van der Waals surface area contributed by atoms with Crippen molar-refractivity contribution in [2.75, 3.05) is 0 Å². The van der Waals surface area contributed by atoms with Gasteiger partial charge in [-0.1, -0.05) is 133 Å². The fourth-order valence-electron chi connectivity index (χ4n) is 7.90. The summed E-state index contributed by atoms with van der Waals surface area (Å²) in [7, 11) is 0. The van der Waals surface area contributed by atoms with Crippen LogP contribution in [0.5, 0.6) is 0 Å². The van der Waals surface area contributed by atoms with E-state index in [1.807, 2.05) is 24.3 Å². The highest BCUT2D eigenvalue weighted by Crippen LogP contribution is 2.36. The second kappa shape index (κ2) is 12.1. The van der Waals surface area contributed by atoms with E-state index in [9.17, 15) is 0 Å². The van der Waals surface area contributed by atoms with Crippen molar-refractivity contribution < 1.29 is 4.42 Å². The van der Waals surface area contributed by atoms with Gasteiger partial charge in [-0.2, -0.15) is 0 Å². The first-order valence-electron chi connectivity index (χ1n) is 18.1. The highest BCUT2D eigenvalue weighted by atomic mass is 16.3. The van der Waals surface area contributed by atoms with E-state index in [2.05, 4.69) is 162 Å². The summed E-state index contributed by atoms with van der Waals surface area (Å²) in [5.41, 5.74) is 8.71. The van der Waals surface area contributed by atoms with Crippen molar-refractivity contribution in [1.82, 2.24) is 14.9 Å². The molecule has 1 aliphatic heterocycles. The lowest BCUT2D eigenvalue weighted by Crippen LogP contribution is -2.33.